The fourth-order valence-electron chi connectivity index (χ4n) is 0.391. The monoisotopic (exact) mass is 207 g/mol. The maximum absolute atomic E-state index is 11.2. The molecule has 1 amide bonds. The second-order valence-corrected chi connectivity index (χ2v) is 5.32. The average molecular weight is 207 g/mol. The largest absolute Gasteiger partial charge is 0.371 e. The summed E-state index contributed by atoms with van der Waals surface area (Å²) in [6, 6.07) is 0. The van der Waals surface area contributed by atoms with Crippen LogP contribution in [0.25, 0.3) is 0 Å². The molecule has 0 unspecified atom stereocenters. The first-order valence-corrected chi connectivity index (χ1v) is 5.23. The lowest BCUT2D eigenvalue weighted by Crippen LogP contribution is -2.33. The van der Waals surface area contributed by atoms with Crippen LogP contribution >= 0.6 is 7.60 Å². The van der Waals surface area contributed by atoms with Crippen molar-refractivity contribution in [3.05, 3.63) is 12.0 Å². The molecule has 0 heterocycles. The van der Waals surface area contributed by atoms with Crippen LogP contribution in [0.5, 0.6) is 0 Å². The Balaban J connectivity index is 4.43. The average Bonchev–Trinajstić information content (AvgIpc) is 1.82. The quantitative estimate of drug-likeness (QED) is 0.584. The van der Waals surface area contributed by atoms with Crippen molar-refractivity contribution >= 4 is 13.5 Å². The van der Waals surface area contributed by atoms with Crippen LogP contribution in [0, 0.1) is 5.41 Å². The van der Waals surface area contributed by atoms with Gasteiger partial charge in [0, 0.05) is 5.41 Å². The molecule has 0 aromatic heterocycles. The van der Waals surface area contributed by atoms with Crippen molar-refractivity contribution in [2.45, 2.75) is 20.8 Å². The molecule has 0 aliphatic rings. The molecule has 0 saturated carbocycles. The van der Waals surface area contributed by atoms with Crippen molar-refractivity contribution in [2.75, 3.05) is 0 Å². The highest BCUT2D eigenvalue weighted by Gasteiger charge is 2.26. The van der Waals surface area contributed by atoms with Crippen molar-refractivity contribution in [3.63, 3.8) is 0 Å². The molecule has 0 rings (SSSR count). The second-order valence-electron chi connectivity index (χ2n) is 3.69. The Morgan fingerprint density at radius 3 is 2.00 bits per heavy atom. The van der Waals surface area contributed by atoms with Gasteiger partial charge in [0.1, 0.15) is 5.44 Å². The zero-order chi connectivity index (χ0) is 10.9. The van der Waals surface area contributed by atoms with Gasteiger partial charge in [-0.2, -0.15) is 0 Å². The highest BCUT2D eigenvalue weighted by atomic mass is 31.2. The van der Waals surface area contributed by atoms with Crippen molar-refractivity contribution in [1.82, 2.24) is 5.32 Å². The number of carbonyl (C=O) groups is 1. The highest BCUT2D eigenvalue weighted by molar-refractivity contribution is 7.56. The third-order valence-electron chi connectivity index (χ3n) is 1.29. The van der Waals surface area contributed by atoms with Gasteiger partial charge in [-0.25, -0.2) is 0 Å². The van der Waals surface area contributed by atoms with Gasteiger partial charge in [0.25, 0.3) is 0 Å². The number of nitrogens with one attached hydrogen (secondary N) is 1. The Labute approximate surface area is 77.0 Å². The van der Waals surface area contributed by atoms with Crippen LogP contribution in [0.3, 0.4) is 0 Å². The molecule has 0 aliphatic heterocycles. The van der Waals surface area contributed by atoms with Crippen molar-refractivity contribution in [3.8, 4) is 0 Å². The third kappa shape index (κ3) is 4.22. The summed E-state index contributed by atoms with van der Waals surface area (Å²) < 4.78 is 10.6. The summed E-state index contributed by atoms with van der Waals surface area (Å²) >= 11 is 0. The lowest BCUT2D eigenvalue weighted by atomic mass is 9.96. The van der Waals surface area contributed by atoms with Gasteiger partial charge in [-0.05, 0) is 0 Å². The molecule has 0 saturated heterocycles. The van der Waals surface area contributed by atoms with Crippen LogP contribution in [0.2, 0.25) is 0 Å². The van der Waals surface area contributed by atoms with Gasteiger partial charge in [-0.15, -0.1) is 0 Å². The number of hydrogen-bond donors (Lipinski definition) is 3. The molecule has 76 valence electrons. The lowest BCUT2D eigenvalue weighted by Gasteiger charge is -2.18. The van der Waals surface area contributed by atoms with E-state index in [0.717, 1.165) is 0 Å². The summed E-state index contributed by atoms with van der Waals surface area (Å²) in [5.41, 5.74) is -1.26. The van der Waals surface area contributed by atoms with Gasteiger partial charge in [-0.1, -0.05) is 27.4 Å². The predicted octanol–water partition coefficient (Wildman–Crippen LogP) is 0.798. The second kappa shape index (κ2) is 3.62. The van der Waals surface area contributed by atoms with Gasteiger partial charge in [0.15, 0.2) is 0 Å². The van der Waals surface area contributed by atoms with E-state index in [9.17, 15) is 9.36 Å². The smallest absolute Gasteiger partial charge is 0.320 e. The van der Waals surface area contributed by atoms with Crippen molar-refractivity contribution in [1.29, 1.82) is 0 Å². The number of carbonyl (C=O) groups excluding carboxylic acids is 1. The summed E-state index contributed by atoms with van der Waals surface area (Å²) in [4.78, 5) is 28.4. The minimum absolute atomic E-state index is 0.471. The lowest BCUT2D eigenvalue weighted by molar-refractivity contribution is -0.127. The molecule has 0 bridgehead atoms. The van der Waals surface area contributed by atoms with Crippen LogP contribution in [0.4, 0.5) is 0 Å². The zero-order valence-electron chi connectivity index (χ0n) is 7.87. The molecule has 13 heavy (non-hydrogen) atoms. The predicted molar refractivity (Wildman–Crippen MR) is 48.8 cm³/mol. The van der Waals surface area contributed by atoms with E-state index in [1.165, 1.54) is 0 Å². The fourth-order valence-corrected chi connectivity index (χ4v) is 0.639. The van der Waals surface area contributed by atoms with E-state index in [-0.39, 0.29) is 0 Å². The van der Waals surface area contributed by atoms with Gasteiger partial charge >= 0.3 is 7.60 Å². The fraction of sp³-hybridized carbons (Fsp3) is 0.571. The van der Waals surface area contributed by atoms with Crippen LogP contribution in [-0.4, -0.2) is 15.7 Å². The molecule has 3 N–H and O–H groups in total. The van der Waals surface area contributed by atoms with Gasteiger partial charge in [-0.3, -0.25) is 9.36 Å². The van der Waals surface area contributed by atoms with Gasteiger partial charge in [0.05, 0.1) is 0 Å². The molecule has 0 fully saturated rings. The SMILES string of the molecule is C=C(NC(=O)C(C)(C)C)P(=O)(O)O. The summed E-state index contributed by atoms with van der Waals surface area (Å²) in [6.45, 7) is 7.99. The molecule has 0 aliphatic carbocycles. The molecular weight excluding hydrogens is 193 g/mol. The standard InChI is InChI=1S/C7H14NO4P/c1-5(13(10,11)12)8-6(9)7(2,3)4/h1H2,2-4H3,(H,8,9)(H2,10,11,12). The summed E-state index contributed by atoms with van der Waals surface area (Å²) in [5.74, 6) is -0.471. The van der Waals surface area contributed by atoms with E-state index in [4.69, 9.17) is 9.79 Å². The van der Waals surface area contributed by atoms with E-state index in [1.807, 2.05) is 0 Å². The Bertz CT molecular complexity index is 273. The molecule has 0 radical (unpaired) electrons. The maximum atomic E-state index is 11.2. The molecule has 0 aromatic rings. The summed E-state index contributed by atoms with van der Waals surface area (Å²) in [5, 5.41) is 2.06. The third-order valence-corrected chi connectivity index (χ3v) is 2.11. The normalized spacial score (nSPS) is 12.4. The first-order valence-electron chi connectivity index (χ1n) is 3.61. The Hall–Kier alpha value is -0.640. The molecular formula is C7H14NO4P. The Kier molecular flexibility index (Phi) is 3.44. The van der Waals surface area contributed by atoms with E-state index in [0.29, 0.717) is 0 Å². The van der Waals surface area contributed by atoms with E-state index in [1.54, 1.807) is 20.8 Å². The number of amides is 1. The van der Waals surface area contributed by atoms with Crippen molar-refractivity contribution < 1.29 is 19.1 Å². The molecule has 0 aromatic carbocycles. The minimum Gasteiger partial charge on any atom is -0.320 e. The minimum atomic E-state index is -4.41. The maximum Gasteiger partial charge on any atom is 0.371 e. The summed E-state index contributed by atoms with van der Waals surface area (Å²) in [6.07, 6.45) is 0. The van der Waals surface area contributed by atoms with Crippen molar-refractivity contribution in [2.24, 2.45) is 5.41 Å². The molecule has 5 nitrogen and oxygen atoms in total. The molecule has 6 heteroatoms. The van der Waals surface area contributed by atoms with Crippen LogP contribution in [0.15, 0.2) is 12.0 Å². The highest BCUT2D eigenvalue weighted by Crippen LogP contribution is 2.42. The van der Waals surface area contributed by atoms with Crippen LogP contribution in [-0.2, 0) is 9.36 Å². The van der Waals surface area contributed by atoms with E-state index in [2.05, 4.69) is 11.9 Å². The number of rotatable bonds is 2. The zero-order valence-corrected chi connectivity index (χ0v) is 8.76. The summed E-state index contributed by atoms with van der Waals surface area (Å²) in [7, 11) is -4.41. The first kappa shape index (κ1) is 12.4. The van der Waals surface area contributed by atoms with E-state index >= 15 is 0 Å². The first-order chi connectivity index (χ1) is 5.55. The molecule has 0 spiro atoms. The van der Waals surface area contributed by atoms with Gasteiger partial charge in [0.2, 0.25) is 5.91 Å². The molecule has 0 atom stereocenters. The topological polar surface area (TPSA) is 86.6 Å². The van der Waals surface area contributed by atoms with Crippen LogP contribution < -0.4 is 5.32 Å². The van der Waals surface area contributed by atoms with Gasteiger partial charge < -0.3 is 15.1 Å². The number of hydrogen-bond acceptors (Lipinski definition) is 2. The Morgan fingerprint density at radius 2 is 1.77 bits per heavy atom. The van der Waals surface area contributed by atoms with Crippen LogP contribution in [0.1, 0.15) is 20.8 Å². The van der Waals surface area contributed by atoms with E-state index < -0.39 is 24.4 Å². The Morgan fingerprint density at radius 1 is 1.38 bits per heavy atom.